The Labute approximate surface area is 155 Å². The molecule has 2 heterocycles. The van der Waals surface area contributed by atoms with Crippen molar-refractivity contribution in [1.82, 2.24) is 9.78 Å². The van der Waals surface area contributed by atoms with E-state index in [1.807, 2.05) is 6.92 Å². The molecule has 0 aliphatic rings. The molecule has 0 spiro atoms. The quantitative estimate of drug-likeness (QED) is 0.606. The number of anilines is 1. The number of ether oxygens (including phenoxy) is 1. The number of esters is 1. The topological polar surface area (TPSA) is 73.2 Å². The number of amides is 1. The van der Waals surface area contributed by atoms with Gasteiger partial charge in [-0.25, -0.2) is 4.79 Å². The van der Waals surface area contributed by atoms with E-state index in [-0.39, 0.29) is 5.91 Å². The maximum absolute atomic E-state index is 12.1. The molecule has 0 saturated carbocycles. The molecule has 0 aliphatic heterocycles. The maximum atomic E-state index is 12.1. The summed E-state index contributed by atoms with van der Waals surface area (Å²) in [5, 5.41) is 9.73. The monoisotopic (exact) mass is 381 g/mol. The molecular weight excluding hydrogens is 362 g/mol. The molecule has 2 rings (SSSR count). The third-order valence-corrected chi connectivity index (χ3v) is 4.58. The molecule has 1 N–H and O–H groups in total. The second kappa shape index (κ2) is 8.31. The average Bonchev–Trinajstić information content (AvgIpc) is 3.10. The van der Waals surface area contributed by atoms with Crippen LogP contribution in [0, 0.1) is 12.8 Å². The van der Waals surface area contributed by atoms with Crippen molar-refractivity contribution in [3.8, 4) is 0 Å². The number of hydrogen-bond donors (Lipinski definition) is 1. The van der Waals surface area contributed by atoms with Gasteiger partial charge in [0.15, 0.2) is 0 Å². The van der Waals surface area contributed by atoms with Crippen molar-refractivity contribution >= 4 is 45.9 Å². The average molecular weight is 382 g/mol. The van der Waals surface area contributed by atoms with Gasteiger partial charge in [-0.15, -0.1) is 11.3 Å². The van der Waals surface area contributed by atoms with Gasteiger partial charge in [0.25, 0.3) is 0 Å². The Balaban J connectivity index is 2.12. The van der Waals surface area contributed by atoms with Crippen LogP contribution < -0.4 is 5.32 Å². The van der Waals surface area contributed by atoms with Gasteiger partial charge < -0.3 is 10.1 Å². The Morgan fingerprint density at radius 1 is 1.48 bits per heavy atom. The van der Waals surface area contributed by atoms with Gasteiger partial charge >= 0.3 is 5.97 Å². The van der Waals surface area contributed by atoms with Crippen molar-refractivity contribution in [1.29, 1.82) is 0 Å². The summed E-state index contributed by atoms with van der Waals surface area (Å²) in [4.78, 5) is 23.8. The molecular formula is C17H20ClN3O3S. The van der Waals surface area contributed by atoms with Crippen molar-refractivity contribution in [2.75, 3.05) is 12.4 Å². The van der Waals surface area contributed by atoms with E-state index >= 15 is 0 Å². The number of thiophene rings is 1. The van der Waals surface area contributed by atoms with Gasteiger partial charge in [-0.2, -0.15) is 5.10 Å². The zero-order chi connectivity index (χ0) is 18.6. The summed E-state index contributed by atoms with van der Waals surface area (Å²) in [6.45, 7) is 6.71. The highest BCUT2D eigenvalue weighted by atomic mass is 35.5. The highest BCUT2D eigenvalue weighted by Crippen LogP contribution is 2.25. The first-order valence-electron chi connectivity index (χ1n) is 7.71. The Hall–Kier alpha value is -2.12. The summed E-state index contributed by atoms with van der Waals surface area (Å²) in [6, 6.07) is 1.60. The number of hydrogen-bond acceptors (Lipinski definition) is 5. The largest absolute Gasteiger partial charge is 0.465 e. The van der Waals surface area contributed by atoms with Crippen LogP contribution in [0.15, 0.2) is 17.5 Å². The summed E-state index contributed by atoms with van der Waals surface area (Å²) in [6.07, 6.45) is 3.00. The van der Waals surface area contributed by atoms with E-state index in [0.29, 0.717) is 33.7 Å². The number of nitrogens with one attached hydrogen (secondary N) is 1. The molecule has 6 nitrogen and oxygen atoms in total. The van der Waals surface area contributed by atoms with E-state index in [1.54, 1.807) is 22.2 Å². The van der Waals surface area contributed by atoms with Crippen LogP contribution in [0.25, 0.3) is 6.08 Å². The fraction of sp³-hybridized carbons (Fsp3) is 0.353. The predicted octanol–water partition coefficient (Wildman–Crippen LogP) is 4.00. The van der Waals surface area contributed by atoms with Crippen LogP contribution in [-0.4, -0.2) is 28.8 Å². The Bertz CT molecular complexity index is 808. The van der Waals surface area contributed by atoms with Crippen LogP contribution in [0.3, 0.4) is 0 Å². The minimum Gasteiger partial charge on any atom is -0.465 e. The lowest BCUT2D eigenvalue weighted by atomic mass is 10.2. The number of methoxy groups -OCH3 is 1. The highest BCUT2D eigenvalue weighted by molar-refractivity contribution is 7.14. The maximum Gasteiger partial charge on any atom is 0.340 e. The second-order valence-electron chi connectivity index (χ2n) is 5.84. The van der Waals surface area contributed by atoms with Crippen LogP contribution in [0.2, 0.25) is 5.15 Å². The number of aromatic nitrogens is 2. The molecule has 0 fully saturated rings. The number of carbonyl (C=O) groups excluding carboxylic acids is 2. The number of rotatable bonds is 6. The van der Waals surface area contributed by atoms with Crippen molar-refractivity contribution < 1.29 is 14.3 Å². The van der Waals surface area contributed by atoms with Crippen LogP contribution in [0.1, 0.15) is 35.5 Å². The molecule has 0 bridgehead atoms. The summed E-state index contributed by atoms with van der Waals surface area (Å²) in [5.74, 6) is -0.443. The van der Waals surface area contributed by atoms with E-state index in [9.17, 15) is 9.59 Å². The standard InChI is InChI=1S/C17H20ClN3O3S/c1-10(2)9-21-15(18)12(11(3)20-21)5-6-14(22)19-16-13(7-8-25-16)17(23)24-4/h5-8,10H,9H2,1-4H3,(H,19,22)/b6-5+. The smallest absolute Gasteiger partial charge is 0.340 e. The van der Waals surface area contributed by atoms with Crippen molar-refractivity contribution in [2.45, 2.75) is 27.3 Å². The Morgan fingerprint density at radius 2 is 2.20 bits per heavy atom. The molecule has 1 amide bonds. The first kappa shape index (κ1) is 19.2. The molecule has 0 aromatic carbocycles. The number of aryl methyl sites for hydroxylation is 1. The van der Waals surface area contributed by atoms with Gasteiger partial charge in [0.05, 0.1) is 18.4 Å². The van der Waals surface area contributed by atoms with Gasteiger partial charge in [-0.1, -0.05) is 25.4 Å². The summed E-state index contributed by atoms with van der Waals surface area (Å²) >= 11 is 7.60. The number of nitrogens with zero attached hydrogens (tertiary/aromatic N) is 2. The van der Waals surface area contributed by atoms with Gasteiger partial charge in [0.2, 0.25) is 5.91 Å². The number of carbonyl (C=O) groups is 2. The van der Waals surface area contributed by atoms with Gasteiger partial charge in [0, 0.05) is 18.2 Å². The Morgan fingerprint density at radius 3 is 2.84 bits per heavy atom. The zero-order valence-corrected chi connectivity index (χ0v) is 16.1. The van der Waals surface area contributed by atoms with Crippen molar-refractivity contribution in [2.24, 2.45) is 5.92 Å². The molecule has 2 aromatic heterocycles. The lowest BCUT2D eigenvalue weighted by Gasteiger charge is -2.05. The fourth-order valence-electron chi connectivity index (χ4n) is 2.21. The minimum atomic E-state index is -0.491. The molecule has 2 aromatic rings. The van der Waals surface area contributed by atoms with Gasteiger partial charge in [-0.3, -0.25) is 9.48 Å². The SMILES string of the molecule is COC(=O)c1ccsc1NC(=O)/C=C/c1c(C)nn(CC(C)C)c1Cl. The molecule has 134 valence electrons. The van der Waals surface area contributed by atoms with Crippen LogP contribution in [0.4, 0.5) is 5.00 Å². The van der Waals surface area contributed by atoms with E-state index in [1.165, 1.54) is 24.5 Å². The summed E-state index contributed by atoms with van der Waals surface area (Å²) < 4.78 is 6.41. The molecule has 0 atom stereocenters. The molecule has 0 saturated heterocycles. The van der Waals surface area contributed by atoms with Crippen LogP contribution >= 0.6 is 22.9 Å². The van der Waals surface area contributed by atoms with Gasteiger partial charge in [0.1, 0.15) is 10.2 Å². The van der Waals surface area contributed by atoms with Crippen LogP contribution in [0.5, 0.6) is 0 Å². The van der Waals surface area contributed by atoms with Crippen molar-refractivity contribution in [3.05, 3.63) is 39.5 Å². The van der Waals surface area contributed by atoms with E-state index < -0.39 is 5.97 Å². The van der Waals surface area contributed by atoms with Crippen molar-refractivity contribution in [3.63, 3.8) is 0 Å². The highest BCUT2D eigenvalue weighted by Gasteiger charge is 2.15. The zero-order valence-electron chi connectivity index (χ0n) is 14.5. The molecule has 0 unspecified atom stereocenters. The van der Waals surface area contributed by atoms with Crippen LogP contribution in [-0.2, 0) is 16.1 Å². The third kappa shape index (κ3) is 4.70. The summed E-state index contributed by atoms with van der Waals surface area (Å²) in [5.41, 5.74) is 1.78. The normalized spacial score (nSPS) is 11.3. The predicted molar refractivity (Wildman–Crippen MR) is 100 cm³/mol. The van der Waals surface area contributed by atoms with E-state index in [4.69, 9.17) is 11.6 Å². The van der Waals surface area contributed by atoms with Gasteiger partial charge in [-0.05, 0) is 30.4 Å². The van der Waals surface area contributed by atoms with E-state index in [2.05, 4.69) is 29.0 Å². The van der Waals surface area contributed by atoms with E-state index in [0.717, 1.165) is 5.69 Å². The Kier molecular flexibility index (Phi) is 6.39. The second-order valence-corrected chi connectivity index (χ2v) is 7.12. The lowest BCUT2D eigenvalue weighted by molar-refractivity contribution is -0.111. The molecule has 0 radical (unpaired) electrons. The molecule has 25 heavy (non-hydrogen) atoms. The molecule has 8 heteroatoms. The third-order valence-electron chi connectivity index (χ3n) is 3.36. The first-order chi connectivity index (χ1) is 11.8. The first-order valence-corrected chi connectivity index (χ1v) is 8.97. The fourth-order valence-corrected chi connectivity index (χ4v) is 3.30. The molecule has 0 aliphatic carbocycles. The number of halogens is 1. The lowest BCUT2D eigenvalue weighted by Crippen LogP contribution is -2.10. The summed E-state index contributed by atoms with van der Waals surface area (Å²) in [7, 11) is 1.30. The minimum absolute atomic E-state index is 0.327.